The maximum absolute atomic E-state index is 11.6. The Bertz CT molecular complexity index is 350. The third-order valence-electron chi connectivity index (χ3n) is 2.68. The molecule has 106 valence electrons. The van der Waals surface area contributed by atoms with Crippen molar-refractivity contribution in [3.05, 3.63) is 35.9 Å². The second-order valence-corrected chi connectivity index (χ2v) is 4.20. The van der Waals surface area contributed by atoms with Crippen molar-refractivity contribution < 1.29 is 19.0 Å². The molecule has 0 aliphatic rings. The van der Waals surface area contributed by atoms with Gasteiger partial charge in [0.25, 0.3) is 0 Å². The summed E-state index contributed by atoms with van der Waals surface area (Å²) < 4.78 is 15.8. The van der Waals surface area contributed by atoms with Crippen molar-refractivity contribution in [3.8, 4) is 0 Å². The zero-order valence-corrected chi connectivity index (χ0v) is 11.6. The van der Waals surface area contributed by atoms with E-state index in [9.17, 15) is 4.79 Å². The molecule has 4 nitrogen and oxygen atoms in total. The van der Waals surface area contributed by atoms with Gasteiger partial charge >= 0.3 is 5.97 Å². The summed E-state index contributed by atoms with van der Waals surface area (Å²) in [5.74, 6) is -0.319. The number of benzene rings is 1. The highest BCUT2D eigenvalue weighted by Crippen LogP contribution is 2.00. The molecule has 0 bridgehead atoms. The fourth-order valence-corrected chi connectivity index (χ4v) is 1.38. The lowest BCUT2D eigenvalue weighted by molar-refractivity contribution is -0.00384. The average Bonchev–Trinajstić information content (AvgIpc) is 2.46. The topological polar surface area (TPSA) is 44.8 Å². The van der Waals surface area contributed by atoms with Crippen LogP contribution in [0.15, 0.2) is 30.3 Å². The van der Waals surface area contributed by atoms with E-state index >= 15 is 0 Å². The van der Waals surface area contributed by atoms with Crippen LogP contribution in [0, 0.1) is 0 Å². The standard InChI is InChI=1S/C15H22O4/c1-3-13(2)18-11-9-17-10-12-19-15(16)14-7-5-4-6-8-14/h4-8,13H,3,9-12H2,1-2H3. The summed E-state index contributed by atoms with van der Waals surface area (Å²) >= 11 is 0. The Morgan fingerprint density at radius 1 is 1.11 bits per heavy atom. The van der Waals surface area contributed by atoms with E-state index in [1.165, 1.54) is 0 Å². The van der Waals surface area contributed by atoms with E-state index < -0.39 is 0 Å². The third-order valence-corrected chi connectivity index (χ3v) is 2.68. The zero-order valence-electron chi connectivity index (χ0n) is 11.6. The van der Waals surface area contributed by atoms with Gasteiger partial charge in [-0.2, -0.15) is 0 Å². The highest BCUT2D eigenvalue weighted by atomic mass is 16.6. The molecule has 1 atom stereocenters. The van der Waals surface area contributed by atoms with Crippen LogP contribution in [0.25, 0.3) is 0 Å². The number of carbonyl (C=O) groups excluding carboxylic acids is 1. The van der Waals surface area contributed by atoms with Gasteiger partial charge in [0.05, 0.1) is 31.5 Å². The van der Waals surface area contributed by atoms with Crippen molar-refractivity contribution in [1.29, 1.82) is 0 Å². The van der Waals surface area contributed by atoms with Gasteiger partial charge < -0.3 is 14.2 Å². The molecule has 19 heavy (non-hydrogen) atoms. The molecule has 0 aliphatic carbocycles. The lowest BCUT2D eigenvalue weighted by atomic mass is 10.2. The van der Waals surface area contributed by atoms with Gasteiger partial charge in [-0.15, -0.1) is 0 Å². The molecular weight excluding hydrogens is 244 g/mol. The van der Waals surface area contributed by atoms with Gasteiger partial charge in [0, 0.05) is 0 Å². The van der Waals surface area contributed by atoms with E-state index in [2.05, 4.69) is 6.92 Å². The first-order valence-electron chi connectivity index (χ1n) is 6.65. The van der Waals surface area contributed by atoms with Crippen LogP contribution in [0.5, 0.6) is 0 Å². The van der Waals surface area contributed by atoms with Gasteiger partial charge in [0.1, 0.15) is 6.61 Å². The quantitative estimate of drug-likeness (QED) is 0.509. The monoisotopic (exact) mass is 266 g/mol. The molecule has 0 fully saturated rings. The summed E-state index contributed by atoms with van der Waals surface area (Å²) in [6, 6.07) is 8.92. The van der Waals surface area contributed by atoms with Crippen molar-refractivity contribution in [1.82, 2.24) is 0 Å². The molecule has 1 rings (SSSR count). The first-order chi connectivity index (χ1) is 9.24. The molecule has 1 aromatic carbocycles. The molecular formula is C15H22O4. The first kappa shape index (κ1) is 15.7. The zero-order chi connectivity index (χ0) is 13.9. The smallest absolute Gasteiger partial charge is 0.338 e. The van der Waals surface area contributed by atoms with Crippen LogP contribution in [0.4, 0.5) is 0 Å². The minimum Gasteiger partial charge on any atom is -0.460 e. The maximum atomic E-state index is 11.6. The van der Waals surface area contributed by atoms with E-state index in [-0.39, 0.29) is 18.7 Å². The van der Waals surface area contributed by atoms with Gasteiger partial charge in [-0.1, -0.05) is 25.1 Å². The van der Waals surface area contributed by atoms with Crippen molar-refractivity contribution in [2.24, 2.45) is 0 Å². The molecule has 0 heterocycles. The summed E-state index contributed by atoms with van der Waals surface area (Å²) in [6.45, 7) is 5.85. The Balaban J connectivity index is 2.01. The molecule has 0 saturated heterocycles. The summed E-state index contributed by atoms with van der Waals surface area (Å²) in [5.41, 5.74) is 0.558. The van der Waals surface area contributed by atoms with E-state index in [1.807, 2.05) is 13.0 Å². The van der Waals surface area contributed by atoms with Crippen molar-refractivity contribution >= 4 is 5.97 Å². The molecule has 4 heteroatoms. The molecule has 0 radical (unpaired) electrons. The molecule has 0 aromatic heterocycles. The number of esters is 1. The van der Waals surface area contributed by atoms with Crippen LogP contribution < -0.4 is 0 Å². The second kappa shape index (κ2) is 9.53. The summed E-state index contributed by atoms with van der Waals surface area (Å²) in [5, 5.41) is 0. The van der Waals surface area contributed by atoms with Crippen LogP contribution in [0.2, 0.25) is 0 Å². The van der Waals surface area contributed by atoms with Crippen molar-refractivity contribution in [2.75, 3.05) is 26.4 Å². The summed E-state index contributed by atoms with van der Waals surface area (Å²) in [6.07, 6.45) is 1.26. The van der Waals surface area contributed by atoms with Gasteiger partial charge in [-0.05, 0) is 25.5 Å². The van der Waals surface area contributed by atoms with Crippen molar-refractivity contribution in [2.45, 2.75) is 26.4 Å². The normalized spacial score (nSPS) is 12.1. The van der Waals surface area contributed by atoms with Crippen LogP contribution >= 0.6 is 0 Å². The summed E-state index contributed by atoms with van der Waals surface area (Å²) in [4.78, 5) is 11.6. The lowest BCUT2D eigenvalue weighted by Gasteiger charge is -2.10. The Hall–Kier alpha value is -1.39. The third kappa shape index (κ3) is 6.94. The second-order valence-electron chi connectivity index (χ2n) is 4.20. The first-order valence-corrected chi connectivity index (χ1v) is 6.65. The maximum Gasteiger partial charge on any atom is 0.338 e. The number of ether oxygens (including phenoxy) is 3. The van der Waals surface area contributed by atoms with E-state index in [4.69, 9.17) is 14.2 Å². The van der Waals surface area contributed by atoms with Gasteiger partial charge in [0.2, 0.25) is 0 Å². The van der Waals surface area contributed by atoms with E-state index in [0.717, 1.165) is 6.42 Å². The lowest BCUT2D eigenvalue weighted by Crippen LogP contribution is -2.15. The number of carbonyl (C=O) groups is 1. The summed E-state index contributed by atoms with van der Waals surface area (Å²) in [7, 11) is 0. The predicted molar refractivity (Wildman–Crippen MR) is 73.2 cm³/mol. The van der Waals surface area contributed by atoms with Crippen molar-refractivity contribution in [3.63, 3.8) is 0 Å². The Morgan fingerprint density at radius 2 is 1.79 bits per heavy atom. The number of hydrogen-bond donors (Lipinski definition) is 0. The van der Waals surface area contributed by atoms with Crippen LogP contribution in [-0.4, -0.2) is 38.5 Å². The molecule has 0 amide bonds. The Kier molecular flexibility index (Phi) is 7.86. The largest absolute Gasteiger partial charge is 0.460 e. The van der Waals surface area contributed by atoms with E-state index in [1.54, 1.807) is 24.3 Å². The molecule has 0 saturated carbocycles. The predicted octanol–water partition coefficient (Wildman–Crippen LogP) is 2.68. The minimum atomic E-state index is -0.319. The van der Waals surface area contributed by atoms with Crippen LogP contribution in [0.1, 0.15) is 30.6 Å². The minimum absolute atomic E-state index is 0.261. The number of hydrogen-bond acceptors (Lipinski definition) is 4. The molecule has 0 aliphatic heterocycles. The van der Waals surface area contributed by atoms with Gasteiger partial charge in [0.15, 0.2) is 0 Å². The van der Waals surface area contributed by atoms with Gasteiger partial charge in [-0.3, -0.25) is 0 Å². The fraction of sp³-hybridized carbons (Fsp3) is 0.533. The number of rotatable bonds is 9. The highest BCUT2D eigenvalue weighted by molar-refractivity contribution is 5.89. The Labute approximate surface area is 114 Å². The SMILES string of the molecule is CCC(C)OCCOCCOC(=O)c1ccccc1. The van der Waals surface area contributed by atoms with E-state index in [0.29, 0.717) is 25.4 Å². The highest BCUT2D eigenvalue weighted by Gasteiger charge is 2.05. The van der Waals surface area contributed by atoms with Crippen LogP contribution in [0.3, 0.4) is 0 Å². The molecule has 1 aromatic rings. The van der Waals surface area contributed by atoms with Gasteiger partial charge in [-0.25, -0.2) is 4.79 Å². The van der Waals surface area contributed by atoms with Crippen LogP contribution in [-0.2, 0) is 14.2 Å². The molecule has 0 spiro atoms. The fourth-order valence-electron chi connectivity index (χ4n) is 1.38. The Morgan fingerprint density at radius 3 is 2.47 bits per heavy atom. The average molecular weight is 266 g/mol. The molecule has 0 N–H and O–H groups in total. The molecule has 1 unspecified atom stereocenters.